The van der Waals surface area contributed by atoms with Crippen molar-refractivity contribution in [3.8, 4) is 5.75 Å². The fourth-order valence-corrected chi connectivity index (χ4v) is 2.76. The number of benzene rings is 2. The van der Waals surface area contributed by atoms with Gasteiger partial charge in [-0.2, -0.15) is 0 Å². The van der Waals surface area contributed by atoms with Crippen LogP contribution in [0.3, 0.4) is 0 Å². The molecule has 0 saturated carbocycles. The van der Waals surface area contributed by atoms with Gasteiger partial charge in [-0.05, 0) is 37.3 Å². The summed E-state index contributed by atoms with van der Waals surface area (Å²) in [7, 11) is 0. The number of halogens is 4. The van der Waals surface area contributed by atoms with Gasteiger partial charge < -0.3 is 4.74 Å². The van der Waals surface area contributed by atoms with Crippen LogP contribution in [0.2, 0.25) is 5.02 Å². The van der Waals surface area contributed by atoms with Crippen molar-refractivity contribution < 1.29 is 9.13 Å². The molecule has 1 unspecified atom stereocenters. The van der Waals surface area contributed by atoms with Crippen LogP contribution >= 0.6 is 39.1 Å². The Hall–Kier alpha value is -0.770. The summed E-state index contributed by atoms with van der Waals surface area (Å²) in [5.41, 5.74) is 1.08. The van der Waals surface area contributed by atoms with E-state index < -0.39 is 11.2 Å². The summed E-state index contributed by atoms with van der Waals surface area (Å²) in [6.45, 7) is 2.40. The summed E-state index contributed by atoms with van der Waals surface area (Å²) in [5, 5.41) is -0.305. The summed E-state index contributed by atoms with van der Waals surface area (Å²) in [6, 6.07) is 9.96. The Bertz CT molecular complexity index is 619. The zero-order valence-electron chi connectivity index (χ0n) is 10.7. The minimum Gasteiger partial charge on any atom is -0.494 e. The lowest BCUT2D eigenvalue weighted by molar-refractivity contribution is 0.336. The highest BCUT2D eigenvalue weighted by atomic mass is 79.9. The summed E-state index contributed by atoms with van der Waals surface area (Å²) in [4.78, 5) is 0. The highest BCUT2D eigenvalue weighted by Gasteiger charge is 2.19. The molecule has 0 saturated heterocycles. The Morgan fingerprint density at radius 3 is 2.60 bits per heavy atom. The van der Waals surface area contributed by atoms with Crippen LogP contribution in [0, 0.1) is 5.82 Å². The van der Waals surface area contributed by atoms with Gasteiger partial charge in [0.2, 0.25) is 0 Å². The first-order valence-electron chi connectivity index (χ1n) is 6.04. The SMILES string of the molecule is CCOc1ccc(Br)cc1C(Cl)c1ccc(Cl)cc1F. The number of ether oxygens (including phenoxy) is 1. The van der Waals surface area contributed by atoms with Crippen LogP contribution < -0.4 is 4.74 Å². The maximum atomic E-state index is 14.0. The quantitative estimate of drug-likeness (QED) is 0.596. The fraction of sp³-hybridized carbons (Fsp3) is 0.200. The third-order valence-electron chi connectivity index (χ3n) is 2.78. The highest BCUT2D eigenvalue weighted by molar-refractivity contribution is 9.10. The third-order valence-corrected chi connectivity index (χ3v) is 3.98. The monoisotopic (exact) mass is 376 g/mol. The summed E-state index contributed by atoms with van der Waals surface area (Å²) < 4.78 is 20.4. The average molecular weight is 378 g/mol. The molecule has 2 rings (SSSR count). The van der Waals surface area contributed by atoms with E-state index in [1.54, 1.807) is 12.1 Å². The molecular formula is C15H12BrCl2FO. The second-order valence-corrected chi connectivity index (χ2v) is 5.93. The van der Waals surface area contributed by atoms with Crippen LogP contribution in [0.25, 0.3) is 0 Å². The van der Waals surface area contributed by atoms with Crippen molar-refractivity contribution in [2.45, 2.75) is 12.3 Å². The molecule has 0 aliphatic rings. The first-order chi connectivity index (χ1) is 9.52. The summed E-state index contributed by atoms with van der Waals surface area (Å²) >= 11 is 15.6. The van der Waals surface area contributed by atoms with Crippen LogP contribution in [-0.4, -0.2) is 6.61 Å². The Labute approximate surface area is 135 Å². The molecule has 0 aliphatic heterocycles. The molecule has 2 aromatic carbocycles. The number of alkyl halides is 1. The van der Waals surface area contributed by atoms with Crippen LogP contribution in [0.4, 0.5) is 4.39 Å². The predicted molar refractivity (Wildman–Crippen MR) is 84.4 cm³/mol. The Kier molecular flexibility index (Phi) is 5.30. The zero-order chi connectivity index (χ0) is 14.7. The van der Waals surface area contributed by atoms with E-state index in [0.29, 0.717) is 28.5 Å². The molecule has 0 heterocycles. The molecule has 2 aromatic rings. The lowest BCUT2D eigenvalue weighted by Gasteiger charge is -2.16. The smallest absolute Gasteiger partial charge is 0.129 e. The summed E-state index contributed by atoms with van der Waals surface area (Å²) in [6.07, 6.45) is 0. The number of hydrogen-bond acceptors (Lipinski definition) is 1. The standard InChI is InChI=1S/C15H12BrCl2FO/c1-2-20-14-6-3-9(16)7-12(14)15(18)11-5-4-10(17)8-13(11)19/h3-8,15H,2H2,1H3. The fourth-order valence-electron chi connectivity index (χ4n) is 1.88. The van der Waals surface area contributed by atoms with Gasteiger partial charge in [0.1, 0.15) is 11.6 Å². The van der Waals surface area contributed by atoms with E-state index in [9.17, 15) is 4.39 Å². The zero-order valence-corrected chi connectivity index (χ0v) is 13.8. The Morgan fingerprint density at radius 2 is 1.95 bits per heavy atom. The molecule has 0 aliphatic carbocycles. The van der Waals surface area contributed by atoms with E-state index in [-0.39, 0.29) is 0 Å². The molecule has 0 aromatic heterocycles. The van der Waals surface area contributed by atoms with E-state index in [2.05, 4.69) is 15.9 Å². The van der Waals surface area contributed by atoms with Gasteiger partial charge >= 0.3 is 0 Å². The van der Waals surface area contributed by atoms with Gasteiger partial charge in [-0.25, -0.2) is 4.39 Å². The first-order valence-corrected chi connectivity index (χ1v) is 7.65. The van der Waals surface area contributed by atoms with Gasteiger partial charge in [0.05, 0.1) is 12.0 Å². The van der Waals surface area contributed by atoms with Crippen molar-refractivity contribution in [2.75, 3.05) is 6.61 Å². The van der Waals surface area contributed by atoms with Gasteiger partial charge in [-0.1, -0.05) is 33.6 Å². The molecule has 1 nitrogen and oxygen atoms in total. The van der Waals surface area contributed by atoms with Gasteiger partial charge in [-0.15, -0.1) is 11.6 Å². The number of rotatable bonds is 4. The Morgan fingerprint density at radius 1 is 1.20 bits per heavy atom. The van der Waals surface area contributed by atoms with E-state index in [0.717, 1.165) is 4.47 Å². The maximum absolute atomic E-state index is 14.0. The van der Waals surface area contributed by atoms with Crippen molar-refractivity contribution >= 4 is 39.1 Å². The highest BCUT2D eigenvalue weighted by Crippen LogP contribution is 2.38. The van der Waals surface area contributed by atoms with Crippen LogP contribution in [0.1, 0.15) is 23.4 Å². The molecule has 1 atom stereocenters. The van der Waals surface area contributed by atoms with E-state index >= 15 is 0 Å². The van der Waals surface area contributed by atoms with E-state index in [1.165, 1.54) is 6.07 Å². The summed E-state index contributed by atoms with van der Waals surface area (Å²) in [5.74, 6) is 0.213. The maximum Gasteiger partial charge on any atom is 0.129 e. The van der Waals surface area contributed by atoms with Crippen molar-refractivity contribution in [1.82, 2.24) is 0 Å². The van der Waals surface area contributed by atoms with Gasteiger partial charge in [0, 0.05) is 20.6 Å². The molecule has 5 heteroatoms. The minimum absolute atomic E-state index is 0.342. The van der Waals surface area contributed by atoms with Crippen LogP contribution in [0.5, 0.6) is 5.75 Å². The largest absolute Gasteiger partial charge is 0.494 e. The van der Waals surface area contributed by atoms with Crippen LogP contribution in [-0.2, 0) is 0 Å². The minimum atomic E-state index is -0.647. The van der Waals surface area contributed by atoms with E-state index in [4.69, 9.17) is 27.9 Å². The first kappa shape index (κ1) is 15.6. The molecule has 0 fully saturated rings. The molecule has 0 amide bonds. The Balaban J connectivity index is 2.46. The third kappa shape index (κ3) is 3.46. The van der Waals surface area contributed by atoms with Gasteiger partial charge in [0.15, 0.2) is 0 Å². The number of hydrogen-bond donors (Lipinski definition) is 0. The van der Waals surface area contributed by atoms with Gasteiger partial charge in [-0.3, -0.25) is 0 Å². The normalized spacial score (nSPS) is 12.2. The second kappa shape index (κ2) is 6.79. The molecule has 20 heavy (non-hydrogen) atoms. The topological polar surface area (TPSA) is 9.23 Å². The van der Waals surface area contributed by atoms with Gasteiger partial charge in [0.25, 0.3) is 0 Å². The van der Waals surface area contributed by atoms with Crippen LogP contribution in [0.15, 0.2) is 40.9 Å². The molecule has 106 valence electrons. The lowest BCUT2D eigenvalue weighted by Crippen LogP contribution is -2.02. The molecular weight excluding hydrogens is 366 g/mol. The molecule has 0 radical (unpaired) electrons. The average Bonchev–Trinajstić information content (AvgIpc) is 2.40. The lowest BCUT2D eigenvalue weighted by atomic mass is 10.0. The van der Waals surface area contributed by atoms with Crippen molar-refractivity contribution in [3.05, 3.63) is 62.8 Å². The van der Waals surface area contributed by atoms with E-state index in [1.807, 2.05) is 25.1 Å². The van der Waals surface area contributed by atoms with Crippen molar-refractivity contribution in [3.63, 3.8) is 0 Å². The van der Waals surface area contributed by atoms with Crippen molar-refractivity contribution in [2.24, 2.45) is 0 Å². The molecule has 0 bridgehead atoms. The predicted octanol–water partition coefficient (Wildman–Crippen LogP) is 5.97. The second-order valence-electron chi connectivity index (χ2n) is 4.14. The molecule has 0 N–H and O–H groups in total. The van der Waals surface area contributed by atoms with Crippen molar-refractivity contribution in [1.29, 1.82) is 0 Å². The molecule has 0 spiro atoms.